The third-order valence-electron chi connectivity index (χ3n) is 4.80. The number of nitrogens with zero attached hydrogens (tertiary/aromatic N) is 2. The molecule has 2 N–H and O–H groups in total. The molecular weight excluding hydrogens is 420 g/mol. The lowest BCUT2D eigenvalue weighted by Gasteiger charge is -2.22. The molecule has 0 radical (unpaired) electrons. The van der Waals surface area contributed by atoms with Crippen LogP contribution in [0.2, 0.25) is 0 Å². The van der Waals surface area contributed by atoms with E-state index in [1.807, 2.05) is 13.8 Å². The lowest BCUT2D eigenvalue weighted by Crippen LogP contribution is -2.49. The maximum Gasteiger partial charge on any atom is 0.251 e. The van der Waals surface area contributed by atoms with Crippen molar-refractivity contribution in [3.8, 4) is 0 Å². The number of nitrogens with one attached hydrogen (secondary N) is 2. The monoisotopic (exact) mass is 450 g/mol. The van der Waals surface area contributed by atoms with Gasteiger partial charge in [-0.1, -0.05) is 38.9 Å². The smallest absolute Gasteiger partial charge is 0.251 e. The molecule has 10 heteroatoms. The van der Waals surface area contributed by atoms with Crippen LogP contribution in [0.1, 0.15) is 49.5 Å². The fraction of sp³-hybridized carbons (Fsp3) is 0.476. The zero-order valence-electron chi connectivity index (χ0n) is 18.5. The van der Waals surface area contributed by atoms with E-state index in [9.17, 15) is 18.0 Å². The van der Waals surface area contributed by atoms with E-state index in [2.05, 4.69) is 15.8 Å². The topological polar surface area (TPSA) is 122 Å². The van der Waals surface area contributed by atoms with Gasteiger partial charge in [0.25, 0.3) is 5.91 Å². The molecule has 2 rings (SSSR count). The van der Waals surface area contributed by atoms with Gasteiger partial charge in [0.15, 0.2) is 0 Å². The van der Waals surface area contributed by atoms with Crippen LogP contribution in [0.3, 0.4) is 0 Å². The Morgan fingerprint density at radius 3 is 2.39 bits per heavy atom. The Labute approximate surface area is 183 Å². The predicted molar refractivity (Wildman–Crippen MR) is 116 cm³/mol. The van der Waals surface area contributed by atoms with Crippen molar-refractivity contribution in [3.63, 3.8) is 0 Å². The third kappa shape index (κ3) is 6.14. The van der Waals surface area contributed by atoms with Crippen LogP contribution in [0.5, 0.6) is 0 Å². The molecule has 170 valence electrons. The summed E-state index contributed by atoms with van der Waals surface area (Å²) in [6, 6.07) is 6.73. The number of aromatic nitrogens is 1. The first-order chi connectivity index (χ1) is 14.6. The molecule has 0 saturated heterocycles. The van der Waals surface area contributed by atoms with Gasteiger partial charge in [-0.15, -0.1) is 0 Å². The van der Waals surface area contributed by atoms with Crippen molar-refractivity contribution < 1.29 is 22.5 Å². The van der Waals surface area contributed by atoms with Crippen molar-refractivity contribution in [3.05, 3.63) is 47.3 Å². The molecule has 0 saturated carbocycles. The zero-order valence-corrected chi connectivity index (χ0v) is 19.3. The van der Waals surface area contributed by atoms with Gasteiger partial charge in [0.05, 0.1) is 11.4 Å². The van der Waals surface area contributed by atoms with Gasteiger partial charge in [-0.05, 0) is 31.0 Å². The zero-order chi connectivity index (χ0) is 23.2. The molecule has 2 aromatic rings. The highest BCUT2D eigenvalue weighted by Crippen LogP contribution is 2.17. The summed E-state index contributed by atoms with van der Waals surface area (Å²) in [5, 5.41) is 9.27. The van der Waals surface area contributed by atoms with Gasteiger partial charge < -0.3 is 15.2 Å². The van der Waals surface area contributed by atoms with E-state index < -0.39 is 22.0 Å². The Morgan fingerprint density at radius 1 is 1.16 bits per heavy atom. The van der Waals surface area contributed by atoms with E-state index in [-0.39, 0.29) is 28.8 Å². The summed E-state index contributed by atoms with van der Waals surface area (Å²) in [6.07, 6.45) is 0. The Bertz CT molecular complexity index is 1010. The molecule has 0 aliphatic carbocycles. The minimum atomic E-state index is -3.70. The molecule has 0 aliphatic heterocycles. The summed E-state index contributed by atoms with van der Waals surface area (Å²) in [5.41, 5.74) is 0.743. The summed E-state index contributed by atoms with van der Waals surface area (Å²) < 4.78 is 31.8. The van der Waals surface area contributed by atoms with Crippen LogP contribution in [0.25, 0.3) is 0 Å². The standard InChI is InChI=1S/C21H30N4O5S/c1-6-25(7-2)31(28,29)18-10-8-9-16(12-18)20(26)23-19(14(3)4)21(27)22-13-17-11-15(5)30-24-17/h8-12,14,19H,6-7,13H2,1-5H3,(H,22,27)(H,23,26). The molecule has 1 atom stereocenters. The molecule has 1 aromatic heterocycles. The highest BCUT2D eigenvalue weighted by Gasteiger charge is 2.26. The molecule has 0 bridgehead atoms. The summed E-state index contributed by atoms with van der Waals surface area (Å²) in [5.74, 6) is -0.443. The number of carbonyl (C=O) groups excluding carboxylic acids is 2. The summed E-state index contributed by atoms with van der Waals surface area (Å²) in [7, 11) is -3.70. The van der Waals surface area contributed by atoms with E-state index in [1.165, 1.54) is 28.6 Å². The number of hydrogen-bond acceptors (Lipinski definition) is 6. The van der Waals surface area contributed by atoms with Crippen molar-refractivity contribution in [2.75, 3.05) is 13.1 Å². The molecule has 1 aromatic carbocycles. The van der Waals surface area contributed by atoms with Crippen LogP contribution < -0.4 is 10.6 Å². The first-order valence-corrected chi connectivity index (χ1v) is 11.6. The van der Waals surface area contributed by atoms with Crippen molar-refractivity contribution in [2.45, 2.75) is 52.1 Å². The van der Waals surface area contributed by atoms with Gasteiger partial charge in [0.2, 0.25) is 15.9 Å². The van der Waals surface area contributed by atoms with Crippen molar-refractivity contribution in [1.82, 2.24) is 20.1 Å². The number of hydrogen-bond donors (Lipinski definition) is 2. The maximum absolute atomic E-state index is 12.8. The first kappa shape index (κ1) is 24.5. The van der Waals surface area contributed by atoms with E-state index in [0.29, 0.717) is 24.5 Å². The van der Waals surface area contributed by atoms with E-state index in [4.69, 9.17) is 4.52 Å². The second-order valence-corrected chi connectivity index (χ2v) is 9.40. The summed E-state index contributed by atoms with van der Waals surface area (Å²) in [6.45, 7) is 9.72. The molecule has 9 nitrogen and oxygen atoms in total. The molecule has 1 heterocycles. The van der Waals surface area contributed by atoms with Gasteiger partial charge in [-0.3, -0.25) is 9.59 Å². The third-order valence-corrected chi connectivity index (χ3v) is 6.84. The van der Waals surface area contributed by atoms with Gasteiger partial charge in [-0.25, -0.2) is 8.42 Å². The van der Waals surface area contributed by atoms with Gasteiger partial charge in [0.1, 0.15) is 17.5 Å². The van der Waals surface area contributed by atoms with Crippen molar-refractivity contribution >= 4 is 21.8 Å². The highest BCUT2D eigenvalue weighted by molar-refractivity contribution is 7.89. The van der Waals surface area contributed by atoms with Crippen molar-refractivity contribution in [1.29, 1.82) is 0 Å². The van der Waals surface area contributed by atoms with E-state index in [1.54, 1.807) is 26.8 Å². The number of amides is 2. The molecular formula is C21H30N4O5S. The quantitative estimate of drug-likeness (QED) is 0.572. The number of carbonyl (C=O) groups is 2. The number of rotatable bonds is 10. The molecule has 0 aliphatic rings. The Kier molecular flexibility index (Phi) is 8.35. The maximum atomic E-state index is 12.8. The van der Waals surface area contributed by atoms with Gasteiger partial charge in [-0.2, -0.15) is 4.31 Å². The normalized spacial score (nSPS) is 12.7. The van der Waals surface area contributed by atoms with Crippen LogP contribution in [-0.2, 0) is 21.4 Å². The van der Waals surface area contributed by atoms with E-state index >= 15 is 0 Å². The molecule has 1 unspecified atom stereocenters. The molecule has 31 heavy (non-hydrogen) atoms. The largest absolute Gasteiger partial charge is 0.361 e. The Hall–Kier alpha value is -2.72. The Morgan fingerprint density at radius 2 is 1.84 bits per heavy atom. The summed E-state index contributed by atoms with van der Waals surface area (Å²) >= 11 is 0. The van der Waals surface area contributed by atoms with Gasteiger partial charge in [0, 0.05) is 24.7 Å². The molecule has 2 amide bonds. The number of sulfonamides is 1. The SMILES string of the molecule is CCN(CC)S(=O)(=O)c1cccc(C(=O)NC(C(=O)NCc2cc(C)on2)C(C)C)c1. The Balaban J connectivity index is 2.14. The average molecular weight is 451 g/mol. The fourth-order valence-electron chi connectivity index (χ4n) is 3.06. The second-order valence-electron chi connectivity index (χ2n) is 7.46. The average Bonchev–Trinajstić information content (AvgIpc) is 3.15. The number of benzene rings is 1. The molecule has 0 spiro atoms. The minimum absolute atomic E-state index is 0.0378. The second kappa shape index (κ2) is 10.5. The van der Waals surface area contributed by atoms with Crippen LogP contribution in [-0.4, -0.2) is 48.8 Å². The predicted octanol–water partition coefficient (Wildman–Crippen LogP) is 2.08. The lowest BCUT2D eigenvalue weighted by molar-refractivity contribution is -0.124. The van der Waals surface area contributed by atoms with Crippen molar-refractivity contribution in [2.24, 2.45) is 5.92 Å². The minimum Gasteiger partial charge on any atom is -0.361 e. The summed E-state index contributed by atoms with van der Waals surface area (Å²) in [4.78, 5) is 25.5. The van der Waals surface area contributed by atoms with Crippen LogP contribution in [0.15, 0.2) is 39.8 Å². The van der Waals surface area contributed by atoms with Crippen LogP contribution in [0, 0.1) is 12.8 Å². The van der Waals surface area contributed by atoms with E-state index in [0.717, 1.165) is 0 Å². The lowest BCUT2D eigenvalue weighted by atomic mass is 10.0. The highest BCUT2D eigenvalue weighted by atomic mass is 32.2. The first-order valence-electron chi connectivity index (χ1n) is 10.2. The molecule has 0 fully saturated rings. The number of aryl methyl sites for hydroxylation is 1. The fourth-order valence-corrected chi connectivity index (χ4v) is 4.56. The van der Waals surface area contributed by atoms with Crippen LogP contribution in [0.4, 0.5) is 0 Å². The van der Waals surface area contributed by atoms with Crippen LogP contribution >= 0.6 is 0 Å². The van der Waals surface area contributed by atoms with Gasteiger partial charge >= 0.3 is 0 Å².